The zero-order chi connectivity index (χ0) is 13.2. The van der Waals surface area contributed by atoms with Crippen LogP contribution in [0.2, 0.25) is 0 Å². The molecule has 0 saturated heterocycles. The Hall–Kier alpha value is -1.04. The lowest BCUT2D eigenvalue weighted by atomic mass is 10.1. The quantitative estimate of drug-likeness (QED) is 0.838. The van der Waals surface area contributed by atoms with E-state index in [4.69, 9.17) is 5.11 Å². The van der Waals surface area contributed by atoms with Gasteiger partial charge in [0.05, 0.1) is 5.75 Å². The number of hydrogen-bond donors (Lipinski definition) is 1. The van der Waals surface area contributed by atoms with E-state index in [2.05, 4.69) is 44.8 Å². The lowest BCUT2D eigenvalue weighted by molar-refractivity contribution is -0.133. The summed E-state index contributed by atoms with van der Waals surface area (Å²) in [6.45, 7) is 10.3. The normalized spacial score (nSPS) is 12.1. The minimum atomic E-state index is -0.843. The van der Waals surface area contributed by atoms with Crippen molar-refractivity contribution in [2.45, 2.75) is 51.2 Å². The van der Waals surface area contributed by atoms with Gasteiger partial charge in [0.2, 0.25) is 0 Å². The van der Waals surface area contributed by atoms with Crippen LogP contribution in [0.25, 0.3) is 0 Å². The molecule has 1 aromatic heterocycles. The monoisotopic (exact) mass is 257 g/mol. The molecule has 0 aromatic carbocycles. The maximum atomic E-state index is 10.6. The van der Waals surface area contributed by atoms with Crippen LogP contribution in [0.4, 0.5) is 0 Å². The second kappa shape index (κ2) is 5.08. The average molecular weight is 257 g/mol. The van der Waals surface area contributed by atoms with Gasteiger partial charge in [0, 0.05) is 11.5 Å². The molecule has 1 rings (SSSR count). The first kappa shape index (κ1) is 14.0. The molecule has 5 nitrogen and oxygen atoms in total. The Morgan fingerprint density at radius 3 is 2.41 bits per heavy atom. The van der Waals surface area contributed by atoms with E-state index in [-0.39, 0.29) is 17.2 Å². The van der Waals surface area contributed by atoms with Crippen LogP contribution in [0, 0.1) is 0 Å². The number of hydrogen-bond acceptors (Lipinski definition) is 4. The summed E-state index contributed by atoms with van der Waals surface area (Å²) in [6, 6.07) is 0. The molecule has 0 atom stereocenters. The van der Waals surface area contributed by atoms with Gasteiger partial charge < -0.3 is 9.67 Å². The summed E-state index contributed by atoms with van der Waals surface area (Å²) in [6.07, 6.45) is 0. The van der Waals surface area contributed by atoms with Crippen LogP contribution < -0.4 is 0 Å². The third kappa shape index (κ3) is 3.46. The molecule has 0 aliphatic heterocycles. The van der Waals surface area contributed by atoms with Crippen LogP contribution in [-0.2, 0) is 10.3 Å². The first-order chi connectivity index (χ1) is 7.73. The number of carboxylic acids is 1. The van der Waals surface area contributed by atoms with Crippen molar-refractivity contribution < 1.29 is 9.90 Å². The number of aromatic nitrogens is 3. The van der Waals surface area contributed by atoms with Gasteiger partial charge in [-0.3, -0.25) is 4.79 Å². The lowest BCUT2D eigenvalue weighted by Gasteiger charge is -2.25. The molecule has 0 aliphatic carbocycles. The summed E-state index contributed by atoms with van der Waals surface area (Å²) in [5.74, 6) is 0.322. The Labute approximate surface area is 106 Å². The minimum absolute atomic E-state index is 0.00626. The first-order valence-corrected chi connectivity index (χ1v) is 6.52. The third-order valence-corrected chi connectivity index (χ3v) is 3.08. The smallest absolute Gasteiger partial charge is 0.313 e. The van der Waals surface area contributed by atoms with E-state index < -0.39 is 5.97 Å². The van der Waals surface area contributed by atoms with Gasteiger partial charge in [-0.1, -0.05) is 25.6 Å². The standard InChI is InChI=1S/C11H19N3O2S/c1-7(2)9-12-13-10(17-6-8(15)16)14(9)11(3,4)5/h7H,6H2,1-5H3,(H,15,16). The van der Waals surface area contributed by atoms with Gasteiger partial charge in [0.1, 0.15) is 5.82 Å². The van der Waals surface area contributed by atoms with E-state index in [0.29, 0.717) is 5.16 Å². The summed E-state index contributed by atoms with van der Waals surface area (Å²) in [7, 11) is 0. The van der Waals surface area contributed by atoms with Crippen LogP contribution >= 0.6 is 11.8 Å². The Balaban J connectivity index is 3.10. The Kier molecular flexibility index (Phi) is 4.19. The van der Waals surface area contributed by atoms with Crippen molar-refractivity contribution in [2.24, 2.45) is 0 Å². The summed E-state index contributed by atoms with van der Waals surface area (Å²) in [4.78, 5) is 10.6. The van der Waals surface area contributed by atoms with Crippen molar-refractivity contribution in [1.29, 1.82) is 0 Å². The molecule has 0 bridgehead atoms. The topological polar surface area (TPSA) is 68.0 Å². The van der Waals surface area contributed by atoms with E-state index in [1.165, 1.54) is 11.8 Å². The molecule has 0 aliphatic rings. The average Bonchev–Trinajstić information content (AvgIpc) is 2.57. The molecule has 17 heavy (non-hydrogen) atoms. The molecule has 1 aromatic rings. The van der Waals surface area contributed by atoms with E-state index in [0.717, 1.165) is 5.82 Å². The fourth-order valence-corrected chi connectivity index (χ4v) is 2.35. The van der Waals surface area contributed by atoms with Crippen LogP contribution in [-0.4, -0.2) is 31.6 Å². The van der Waals surface area contributed by atoms with Crippen molar-refractivity contribution in [1.82, 2.24) is 14.8 Å². The van der Waals surface area contributed by atoms with Crippen molar-refractivity contribution in [3.8, 4) is 0 Å². The molecule has 1 N–H and O–H groups in total. The maximum absolute atomic E-state index is 10.6. The highest BCUT2D eigenvalue weighted by atomic mass is 32.2. The Morgan fingerprint density at radius 1 is 1.41 bits per heavy atom. The Bertz CT molecular complexity index is 407. The van der Waals surface area contributed by atoms with Crippen LogP contribution in [0.15, 0.2) is 5.16 Å². The molecule has 0 radical (unpaired) electrons. The predicted molar refractivity (Wildman–Crippen MR) is 67.5 cm³/mol. The van der Waals surface area contributed by atoms with E-state index in [9.17, 15) is 4.79 Å². The molecule has 6 heteroatoms. The molecular weight excluding hydrogens is 238 g/mol. The number of rotatable bonds is 4. The van der Waals surface area contributed by atoms with Crippen molar-refractivity contribution >= 4 is 17.7 Å². The molecule has 96 valence electrons. The van der Waals surface area contributed by atoms with Gasteiger partial charge in [-0.25, -0.2) is 0 Å². The third-order valence-electron chi connectivity index (χ3n) is 2.17. The molecule has 0 spiro atoms. The number of aliphatic carboxylic acids is 1. The van der Waals surface area contributed by atoms with Gasteiger partial charge in [-0.15, -0.1) is 10.2 Å². The molecule has 1 heterocycles. The predicted octanol–water partition coefficient (Wildman–Crippen LogP) is 2.33. The highest BCUT2D eigenvalue weighted by Crippen LogP contribution is 2.28. The van der Waals surface area contributed by atoms with Crippen LogP contribution in [0.1, 0.15) is 46.4 Å². The number of carboxylic acid groups (broad SMARTS) is 1. The second-order valence-electron chi connectivity index (χ2n) is 5.18. The zero-order valence-electron chi connectivity index (χ0n) is 10.9. The molecule has 0 unspecified atom stereocenters. The van der Waals surface area contributed by atoms with Gasteiger partial charge in [0.15, 0.2) is 5.16 Å². The highest BCUT2D eigenvalue weighted by molar-refractivity contribution is 7.99. The minimum Gasteiger partial charge on any atom is -0.481 e. The largest absolute Gasteiger partial charge is 0.481 e. The van der Waals surface area contributed by atoms with Crippen LogP contribution in [0.5, 0.6) is 0 Å². The van der Waals surface area contributed by atoms with Crippen molar-refractivity contribution in [2.75, 3.05) is 5.75 Å². The van der Waals surface area contributed by atoms with Crippen LogP contribution in [0.3, 0.4) is 0 Å². The highest BCUT2D eigenvalue weighted by Gasteiger charge is 2.24. The lowest BCUT2D eigenvalue weighted by Crippen LogP contribution is -2.25. The SMILES string of the molecule is CC(C)c1nnc(SCC(=O)O)n1C(C)(C)C. The molecule has 0 fully saturated rings. The van der Waals surface area contributed by atoms with E-state index in [1.54, 1.807) is 0 Å². The van der Waals surface area contributed by atoms with Gasteiger partial charge in [-0.05, 0) is 20.8 Å². The second-order valence-corrected chi connectivity index (χ2v) is 6.13. The fourth-order valence-electron chi connectivity index (χ4n) is 1.51. The summed E-state index contributed by atoms with van der Waals surface area (Å²) in [5, 5.41) is 17.6. The Morgan fingerprint density at radius 2 is 2.00 bits per heavy atom. The first-order valence-electron chi connectivity index (χ1n) is 5.54. The number of nitrogens with zero attached hydrogens (tertiary/aromatic N) is 3. The van der Waals surface area contributed by atoms with Crippen molar-refractivity contribution in [3.05, 3.63) is 5.82 Å². The van der Waals surface area contributed by atoms with E-state index in [1.807, 2.05) is 4.57 Å². The number of thioether (sulfide) groups is 1. The summed E-state index contributed by atoms with van der Waals surface area (Å²) in [5.41, 5.74) is -0.149. The summed E-state index contributed by atoms with van der Waals surface area (Å²) >= 11 is 1.21. The van der Waals surface area contributed by atoms with E-state index >= 15 is 0 Å². The summed E-state index contributed by atoms with van der Waals surface area (Å²) < 4.78 is 2.02. The van der Waals surface area contributed by atoms with Gasteiger partial charge in [-0.2, -0.15) is 0 Å². The molecular formula is C11H19N3O2S. The van der Waals surface area contributed by atoms with Gasteiger partial charge >= 0.3 is 5.97 Å². The van der Waals surface area contributed by atoms with Gasteiger partial charge in [0.25, 0.3) is 0 Å². The zero-order valence-corrected chi connectivity index (χ0v) is 11.7. The number of carbonyl (C=O) groups is 1. The maximum Gasteiger partial charge on any atom is 0.313 e. The molecule has 0 amide bonds. The molecule has 0 saturated carbocycles. The van der Waals surface area contributed by atoms with Crippen molar-refractivity contribution in [3.63, 3.8) is 0 Å². The fraction of sp³-hybridized carbons (Fsp3) is 0.727.